The highest BCUT2D eigenvalue weighted by Crippen LogP contribution is 2.34. The summed E-state index contributed by atoms with van der Waals surface area (Å²) in [5, 5.41) is 4.98. The molecule has 27 heavy (non-hydrogen) atoms. The molecule has 0 spiro atoms. The fraction of sp³-hybridized carbons (Fsp3) is 0.348. The molecule has 3 rings (SSSR count). The molecule has 0 bridgehead atoms. The Balaban J connectivity index is 1.90. The van der Waals surface area contributed by atoms with Crippen molar-refractivity contribution in [2.24, 2.45) is 7.05 Å². The minimum Gasteiger partial charge on any atom is -0.356 e. The Morgan fingerprint density at radius 1 is 1.11 bits per heavy atom. The molecule has 3 aromatic rings. The third-order valence-corrected chi connectivity index (χ3v) is 5.32. The first-order valence-electron chi connectivity index (χ1n) is 9.66. The third-order valence-electron chi connectivity index (χ3n) is 5.07. The molecule has 0 saturated carbocycles. The third kappa shape index (κ3) is 4.72. The Morgan fingerprint density at radius 3 is 2.59 bits per heavy atom. The normalized spacial score (nSPS) is 12.3. The summed E-state index contributed by atoms with van der Waals surface area (Å²) < 4.78 is 2.13. The van der Waals surface area contributed by atoms with Gasteiger partial charge in [0.05, 0.1) is 0 Å². The van der Waals surface area contributed by atoms with Gasteiger partial charge in [-0.2, -0.15) is 0 Å². The van der Waals surface area contributed by atoms with Crippen LogP contribution in [-0.2, 0) is 11.8 Å². The van der Waals surface area contributed by atoms with Crippen molar-refractivity contribution in [3.05, 3.63) is 70.9 Å². The molecule has 1 unspecified atom stereocenters. The van der Waals surface area contributed by atoms with Crippen LogP contribution in [0.4, 0.5) is 0 Å². The van der Waals surface area contributed by atoms with E-state index in [0.717, 1.165) is 31.4 Å². The van der Waals surface area contributed by atoms with E-state index in [9.17, 15) is 4.79 Å². The first-order valence-corrected chi connectivity index (χ1v) is 10.0. The van der Waals surface area contributed by atoms with Crippen LogP contribution in [0.1, 0.15) is 49.7 Å². The number of aromatic nitrogens is 1. The molecule has 1 aromatic heterocycles. The van der Waals surface area contributed by atoms with E-state index in [-0.39, 0.29) is 11.8 Å². The molecular formula is C23H27ClN2O. The number of carbonyl (C=O) groups excluding carboxylic acids is 1. The molecule has 1 N–H and O–H groups in total. The molecule has 3 nitrogen and oxygen atoms in total. The number of aryl methyl sites for hydroxylation is 1. The van der Waals surface area contributed by atoms with Crippen LogP contribution in [0.15, 0.2) is 54.7 Å². The number of hydrogen-bond acceptors (Lipinski definition) is 1. The minimum absolute atomic E-state index is 0.000424. The Morgan fingerprint density at radius 2 is 1.85 bits per heavy atom. The second-order valence-corrected chi connectivity index (χ2v) is 7.51. The van der Waals surface area contributed by atoms with E-state index >= 15 is 0 Å². The maximum absolute atomic E-state index is 12.6. The van der Waals surface area contributed by atoms with Crippen molar-refractivity contribution in [3.8, 4) is 0 Å². The highest BCUT2D eigenvalue weighted by Gasteiger charge is 2.22. The van der Waals surface area contributed by atoms with E-state index in [0.29, 0.717) is 11.4 Å². The van der Waals surface area contributed by atoms with Gasteiger partial charge in [0.25, 0.3) is 0 Å². The number of amides is 1. The number of para-hydroxylation sites is 1. The van der Waals surface area contributed by atoms with Crippen molar-refractivity contribution in [2.75, 3.05) is 6.54 Å². The molecule has 0 radical (unpaired) electrons. The molecule has 1 amide bonds. The van der Waals surface area contributed by atoms with Gasteiger partial charge in [-0.15, -0.1) is 0 Å². The van der Waals surface area contributed by atoms with Crippen LogP contribution in [-0.4, -0.2) is 17.0 Å². The summed E-state index contributed by atoms with van der Waals surface area (Å²) in [6, 6.07) is 16.2. The molecule has 0 aliphatic rings. The predicted octanol–water partition coefficient (Wildman–Crippen LogP) is 5.66. The molecule has 1 heterocycles. The smallest absolute Gasteiger partial charge is 0.220 e. The summed E-state index contributed by atoms with van der Waals surface area (Å²) >= 11 is 6.08. The number of nitrogens with zero attached hydrogens (tertiary/aromatic N) is 1. The van der Waals surface area contributed by atoms with Gasteiger partial charge in [-0.05, 0) is 35.7 Å². The molecule has 0 aliphatic carbocycles. The van der Waals surface area contributed by atoms with E-state index in [1.54, 1.807) is 0 Å². The number of halogens is 1. The Hall–Kier alpha value is -2.26. The Labute approximate surface area is 166 Å². The van der Waals surface area contributed by atoms with Crippen molar-refractivity contribution in [2.45, 2.75) is 38.5 Å². The van der Waals surface area contributed by atoms with Crippen molar-refractivity contribution < 1.29 is 4.79 Å². The Kier molecular flexibility index (Phi) is 6.57. The zero-order valence-corrected chi connectivity index (χ0v) is 16.8. The molecule has 0 saturated heterocycles. The standard InChI is InChI=1S/C23H27ClN2O/c1-3-4-7-14-25-23(27)15-20(17-10-12-18(24)13-11-17)21-16-26(2)22-9-6-5-8-19(21)22/h5-6,8-13,16,20H,3-4,7,14-15H2,1-2H3,(H,25,27). The first-order chi connectivity index (χ1) is 13.1. The zero-order valence-electron chi connectivity index (χ0n) is 16.0. The molecule has 4 heteroatoms. The van der Waals surface area contributed by atoms with Crippen LogP contribution < -0.4 is 5.32 Å². The van der Waals surface area contributed by atoms with Crippen LogP contribution >= 0.6 is 11.6 Å². The van der Waals surface area contributed by atoms with Gasteiger partial charge in [0.2, 0.25) is 5.91 Å². The summed E-state index contributed by atoms with van der Waals surface area (Å²) in [6.07, 6.45) is 5.90. The van der Waals surface area contributed by atoms with Gasteiger partial charge < -0.3 is 9.88 Å². The van der Waals surface area contributed by atoms with E-state index in [2.05, 4.69) is 48.3 Å². The maximum atomic E-state index is 12.6. The lowest BCUT2D eigenvalue weighted by Crippen LogP contribution is -2.26. The molecule has 1 atom stereocenters. The topological polar surface area (TPSA) is 34.0 Å². The largest absolute Gasteiger partial charge is 0.356 e. The van der Waals surface area contributed by atoms with E-state index < -0.39 is 0 Å². The van der Waals surface area contributed by atoms with Gasteiger partial charge in [-0.1, -0.05) is 61.7 Å². The van der Waals surface area contributed by atoms with E-state index in [1.807, 2.05) is 30.3 Å². The second-order valence-electron chi connectivity index (χ2n) is 7.08. The lowest BCUT2D eigenvalue weighted by molar-refractivity contribution is -0.121. The lowest BCUT2D eigenvalue weighted by Gasteiger charge is -2.17. The fourth-order valence-corrected chi connectivity index (χ4v) is 3.74. The van der Waals surface area contributed by atoms with Crippen LogP contribution in [0.2, 0.25) is 5.02 Å². The molecule has 142 valence electrons. The van der Waals surface area contributed by atoms with Gasteiger partial charge in [0, 0.05) is 48.1 Å². The monoisotopic (exact) mass is 382 g/mol. The van der Waals surface area contributed by atoms with Crippen LogP contribution in [0.5, 0.6) is 0 Å². The second kappa shape index (κ2) is 9.09. The van der Waals surface area contributed by atoms with Gasteiger partial charge in [-0.3, -0.25) is 4.79 Å². The quantitative estimate of drug-likeness (QED) is 0.501. The van der Waals surface area contributed by atoms with Gasteiger partial charge in [-0.25, -0.2) is 0 Å². The summed E-state index contributed by atoms with van der Waals surface area (Å²) in [4.78, 5) is 12.6. The summed E-state index contributed by atoms with van der Waals surface area (Å²) in [6.45, 7) is 2.91. The van der Waals surface area contributed by atoms with Crippen molar-refractivity contribution in [3.63, 3.8) is 0 Å². The van der Waals surface area contributed by atoms with E-state index in [1.165, 1.54) is 16.5 Å². The Bertz CT molecular complexity index is 898. The van der Waals surface area contributed by atoms with Crippen molar-refractivity contribution in [1.82, 2.24) is 9.88 Å². The van der Waals surface area contributed by atoms with Crippen LogP contribution in [0.3, 0.4) is 0 Å². The number of carbonyl (C=O) groups is 1. The average molecular weight is 383 g/mol. The predicted molar refractivity (Wildman–Crippen MR) is 113 cm³/mol. The zero-order chi connectivity index (χ0) is 19.2. The van der Waals surface area contributed by atoms with Gasteiger partial charge in [0.15, 0.2) is 0 Å². The first kappa shape index (κ1) is 19.5. The molecular weight excluding hydrogens is 356 g/mol. The van der Waals surface area contributed by atoms with Gasteiger partial charge >= 0.3 is 0 Å². The number of fused-ring (bicyclic) bond motifs is 1. The highest BCUT2D eigenvalue weighted by atomic mass is 35.5. The van der Waals surface area contributed by atoms with Crippen LogP contribution in [0.25, 0.3) is 10.9 Å². The average Bonchev–Trinajstić information content (AvgIpc) is 3.01. The van der Waals surface area contributed by atoms with Crippen molar-refractivity contribution in [1.29, 1.82) is 0 Å². The highest BCUT2D eigenvalue weighted by molar-refractivity contribution is 6.30. The fourth-order valence-electron chi connectivity index (χ4n) is 3.61. The maximum Gasteiger partial charge on any atom is 0.220 e. The van der Waals surface area contributed by atoms with Crippen molar-refractivity contribution >= 4 is 28.4 Å². The van der Waals surface area contributed by atoms with Gasteiger partial charge in [0.1, 0.15) is 0 Å². The summed E-state index contributed by atoms with van der Waals surface area (Å²) in [5.41, 5.74) is 3.47. The number of hydrogen-bond donors (Lipinski definition) is 1. The lowest BCUT2D eigenvalue weighted by atomic mass is 9.88. The van der Waals surface area contributed by atoms with Crippen LogP contribution in [0, 0.1) is 0 Å². The SMILES string of the molecule is CCCCCNC(=O)CC(c1ccc(Cl)cc1)c1cn(C)c2ccccc12. The number of benzene rings is 2. The minimum atomic E-state index is -0.000424. The molecule has 0 aliphatic heterocycles. The number of nitrogens with one attached hydrogen (secondary N) is 1. The summed E-state index contributed by atoms with van der Waals surface area (Å²) in [7, 11) is 2.05. The summed E-state index contributed by atoms with van der Waals surface area (Å²) in [5.74, 6) is 0.0959. The molecule has 0 fully saturated rings. The number of unbranched alkanes of at least 4 members (excludes halogenated alkanes) is 2. The van der Waals surface area contributed by atoms with E-state index in [4.69, 9.17) is 11.6 Å². The number of rotatable bonds is 8. The molecule has 2 aromatic carbocycles.